The molecule has 0 N–H and O–H groups in total. The third kappa shape index (κ3) is 5.98. The minimum Gasteiger partial charge on any atom is -0.378 e. The third-order valence-electron chi connectivity index (χ3n) is 5.31. The quantitative estimate of drug-likeness (QED) is 0.695. The number of nitrogens with zero attached hydrogens (tertiary/aromatic N) is 4. The lowest BCUT2D eigenvalue weighted by Gasteiger charge is -2.36. The molecule has 154 valence electrons. The summed E-state index contributed by atoms with van der Waals surface area (Å²) in [5, 5.41) is 0. The SMILES string of the molecule is CN(Cc1ccc(F)cc1)C(=O)CN1CCN(CC(=O)N2CCOCC2)CC1. The van der Waals surface area contributed by atoms with Crippen molar-refractivity contribution in [2.45, 2.75) is 6.54 Å². The first kappa shape index (κ1) is 20.7. The van der Waals surface area contributed by atoms with E-state index in [4.69, 9.17) is 4.74 Å². The summed E-state index contributed by atoms with van der Waals surface area (Å²) in [5.74, 6) is -0.0725. The Bertz CT molecular complexity index is 656. The molecule has 2 amide bonds. The Morgan fingerprint density at radius 1 is 0.964 bits per heavy atom. The number of halogens is 1. The Balaban J connectivity index is 1.37. The van der Waals surface area contributed by atoms with Gasteiger partial charge in [-0.05, 0) is 17.7 Å². The van der Waals surface area contributed by atoms with Crippen LogP contribution in [0, 0.1) is 5.82 Å². The Kier molecular flexibility index (Phi) is 7.36. The van der Waals surface area contributed by atoms with Crippen LogP contribution < -0.4 is 0 Å². The van der Waals surface area contributed by atoms with Gasteiger partial charge in [-0.1, -0.05) is 12.1 Å². The molecule has 28 heavy (non-hydrogen) atoms. The fourth-order valence-electron chi connectivity index (χ4n) is 3.47. The van der Waals surface area contributed by atoms with Crippen LogP contribution in [0.5, 0.6) is 0 Å². The number of rotatable bonds is 6. The molecular weight excluding hydrogens is 363 g/mol. The lowest BCUT2D eigenvalue weighted by Crippen LogP contribution is -2.53. The standard InChI is InChI=1S/C20H29FN4O3/c1-22(14-17-2-4-18(21)5-3-17)19(26)15-23-6-8-24(9-7-23)16-20(27)25-10-12-28-13-11-25/h2-5H,6-16H2,1H3. The van der Waals surface area contributed by atoms with E-state index in [2.05, 4.69) is 9.80 Å². The molecule has 3 rings (SSSR count). The Morgan fingerprint density at radius 3 is 2.14 bits per heavy atom. The fraction of sp³-hybridized carbons (Fsp3) is 0.600. The molecular formula is C20H29FN4O3. The highest BCUT2D eigenvalue weighted by Gasteiger charge is 2.24. The van der Waals surface area contributed by atoms with E-state index in [-0.39, 0.29) is 17.6 Å². The molecule has 1 aromatic carbocycles. The number of likely N-dealkylation sites (N-methyl/N-ethyl adjacent to an activating group) is 1. The van der Waals surface area contributed by atoms with Crippen LogP contribution in [0.25, 0.3) is 0 Å². The molecule has 0 saturated carbocycles. The summed E-state index contributed by atoms with van der Waals surface area (Å²) in [5.41, 5.74) is 0.906. The van der Waals surface area contributed by atoms with E-state index in [9.17, 15) is 14.0 Å². The lowest BCUT2D eigenvalue weighted by molar-refractivity contribution is -0.137. The Morgan fingerprint density at radius 2 is 1.54 bits per heavy atom. The maximum absolute atomic E-state index is 13.0. The lowest BCUT2D eigenvalue weighted by atomic mass is 10.2. The summed E-state index contributed by atoms with van der Waals surface area (Å²) in [6.07, 6.45) is 0. The number of piperazine rings is 1. The number of morpholine rings is 1. The van der Waals surface area contributed by atoms with E-state index in [0.717, 1.165) is 31.7 Å². The zero-order valence-corrected chi connectivity index (χ0v) is 16.5. The molecule has 2 heterocycles. The van der Waals surface area contributed by atoms with Crippen molar-refractivity contribution < 1.29 is 18.7 Å². The molecule has 0 unspecified atom stereocenters. The summed E-state index contributed by atoms with van der Waals surface area (Å²) in [4.78, 5) is 32.6. The summed E-state index contributed by atoms with van der Waals surface area (Å²) in [6, 6.07) is 6.21. The molecule has 2 saturated heterocycles. The van der Waals surface area contributed by atoms with E-state index in [1.54, 1.807) is 24.1 Å². The van der Waals surface area contributed by atoms with Gasteiger partial charge in [0, 0.05) is 52.9 Å². The molecule has 0 aliphatic carbocycles. The monoisotopic (exact) mass is 392 g/mol. The second-order valence-corrected chi connectivity index (χ2v) is 7.42. The smallest absolute Gasteiger partial charge is 0.236 e. The van der Waals surface area contributed by atoms with Gasteiger partial charge in [0.2, 0.25) is 11.8 Å². The predicted molar refractivity (Wildman–Crippen MR) is 103 cm³/mol. The first-order valence-corrected chi connectivity index (χ1v) is 9.80. The van der Waals surface area contributed by atoms with E-state index >= 15 is 0 Å². The number of amides is 2. The minimum absolute atomic E-state index is 0.0437. The molecule has 0 radical (unpaired) electrons. The Labute approximate surface area is 165 Å². The third-order valence-corrected chi connectivity index (χ3v) is 5.31. The molecule has 7 nitrogen and oxygen atoms in total. The van der Waals surface area contributed by atoms with Crippen molar-refractivity contribution in [3.63, 3.8) is 0 Å². The van der Waals surface area contributed by atoms with Gasteiger partial charge in [0.25, 0.3) is 0 Å². The van der Waals surface area contributed by atoms with E-state index in [0.29, 0.717) is 45.9 Å². The molecule has 0 aromatic heterocycles. The van der Waals surface area contributed by atoms with E-state index in [1.807, 2.05) is 4.90 Å². The van der Waals surface area contributed by atoms with Gasteiger partial charge in [0.15, 0.2) is 0 Å². The normalized spacial score (nSPS) is 18.9. The van der Waals surface area contributed by atoms with Crippen LogP contribution in [0.3, 0.4) is 0 Å². The number of hydrogen-bond donors (Lipinski definition) is 0. The maximum atomic E-state index is 13.0. The van der Waals surface area contributed by atoms with Crippen molar-refractivity contribution >= 4 is 11.8 Å². The van der Waals surface area contributed by atoms with Crippen LogP contribution >= 0.6 is 0 Å². The van der Waals surface area contributed by atoms with Crippen LogP contribution in [-0.4, -0.2) is 104 Å². The second kappa shape index (κ2) is 9.95. The van der Waals surface area contributed by atoms with Gasteiger partial charge in [0.05, 0.1) is 26.3 Å². The highest BCUT2D eigenvalue weighted by Crippen LogP contribution is 2.08. The van der Waals surface area contributed by atoms with Crippen LogP contribution in [0.1, 0.15) is 5.56 Å². The van der Waals surface area contributed by atoms with E-state index in [1.165, 1.54) is 12.1 Å². The molecule has 0 atom stereocenters. The van der Waals surface area contributed by atoms with Crippen molar-refractivity contribution in [3.8, 4) is 0 Å². The predicted octanol–water partition coefficient (Wildman–Crippen LogP) is 0.261. The topological polar surface area (TPSA) is 56.3 Å². The van der Waals surface area contributed by atoms with Crippen molar-refractivity contribution in [2.24, 2.45) is 0 Å². The van der Waals surface area contributed by atoms with Crippen molar-refractivity contribution in [2.75, 3.05) is 72.6 Å². The van der Waals surface area contributed by atoms with Gasteiger partial charge < -0.3 is 14.5 Å². The minimum atomic E-state index is -0.275. The zero-order chi connectivity index (χ0) is 19.9. The first-order chi connectivity index (χ1) is 13.5. The largest absolute Gasteiger partial charge is 0.378 e. The highest BCUT2D eigenvalue weighted by molar-refractivity contribution is 5.78. The van der Waals surface area contributed by atoms with Crippen LogP contribution in [0.2, 0.25) is 0 Å². The van der Waals surface area contributed by atoms with Crippen molar-refractivity contribution in [1.82, 2.24) is 19.6 Å². The summed E-state index contributed by atoms with van der Waals surface area (Å²) < 4.78 is 18.3. The van der Waals surface area contributed by atoms with Crippen LogP contribution in [-0.2, 0) is 20.9 Å². The molecule has 2 fully saturated rings. The zero-order valence-electron chi connectivity index (χ0n) is 16.5. The van der Waals surface area contributed by atoms with Crippen molar-refractivity contribution in [1.29, 1.82) is 0 Å². The van der Waals surface area contributed by atoms with Gasteiger partial charge in [-0.2, -0.15) is 0 Å². The molecule has 2 aliphatic heterocycles. The molecule has 0 bridgehead atoms. The molecule has 2 aliphatic rings. The average Bonchev–Trinajstić information content (AvgIpc) is 2.71. The van der Waals surface area contributed by atoms with Gasteiger partial charge in [0.1, 0.15) is 5.82 Å². The number of hydrogen-bond acceptors (Lipinski definition) is 5. The van der Waals surface area contributed by atoms with E-state index < -0.39 is 0 Å². The van der Waals surface area contributed by atoms with Gasteiger partial charge in [-0.25, -0.2) is 4.39 Å². The van der Waals surface area contributed by atoms with Crippen molar-refractivity contribution in [3.05, 3.63) is 35.6 Å². The summed E-state index contributed by atoms with van der Waals surface area (Å²) >= 11 is 0. The van der Waals surface area contributed by atoms with Gasteiger partial charge in [-0.3, -0.25) is 19.4 Å². The number of benzene rings is 1. The van der Waals surface area contributed by atoms with Gasteiger partial charge >= 0.3 is 0 Å². The molecule has 8 heteroatoms. The second-order valence-electron chi connectivity index (χ2n) is 7.42. The average molecular weight is 392 g/mol. The number of carbonyl (C=O) groups is 2. The van der Waals surface area contributed by atoms with Crippen LogP contribution in [0.4, 0.5) is 4.39 Å². The number of carbonyl (C=O) groups excluding carboxylic acids is 2. The Hall–Kier alpha value is -2.03. The summed E-state index contributed by atoms with van der Waals surface area (Å²) in [6.45, 7) is 6.96. The maximum Gasteiger partial charge on any atom is 0.236 e. The summed E-state index contributed by atoms with van der Waals surface area (Å²) in [7, 11) is 1.77. The fourth-order valence-corrected chi connectivity index (χ4v) is 3.47. The van der Waals surface area contributed by atoms with Crippen LogP contribution in [0.15, 0.2) is 24.3 Å². The highest BCUT2D eigenvalue weighted by atomic mass is 19.1. The molecule has 1 aromatic rings. The molecule has 0 spiro atoms. The van der Waals surface area contributed by atoms with Gasteiger partial charge in [-0.15, -0.1) is 0 Å². The first-order valence-electron chi connectivity index (χ1n) is 9.80. The number of ether oxygens (including phenoxy) is 1.